The lowest BCUT2D eigenvalue weighted by molar-refractivity contribution is -0.114. The zero-order valence-electron chi connectivity index (χ0n) is 13.0. The summed E-state index contributed by atoms with van der Waals surface area (Å²) in [6.45, 7) is 4.69. The molecule has 0 spiro atoms. The first kappa shape index (κ1) is 15.9. The predicted octanol–water partition coefficient (Wildman–Crippen LogP) is 3.80. The molecule has 2 rings (SSSR count). The summed E-state index contributed by atoms with van der Waals surface area (Å²) in [6, 6.07) is 15.3. The molecule has 22 heavy (non-hydrogen) atoms. The fourth-order valence-electron chi connectivity index (χ4n) is 2.01. The molecule has 1 amide bonds. The van der Waals surface area contributed by atoms with Gasteiger partial charge in [-0.15, -0.1) is 0 Å². The van der Waals surface area contributed by atoms with Gasteiger partial charge in [-0.05, 0) is 36.8 Å². The Morgan fingerprint density at radius 2 is 1.64 bits per heavy atom. The van der Waals surface area contributed by atoms with Crippen LogP contribution >= 0.6 is 0 Å². The van der Waals surface area contributed by atoms with Crippen LogP contribution in [0.3, 0.4) is 0 Å². The van der Waals surface area contributed by atoms with Crippen LogP contribution in [-0.2, 0) is 4.79 Å². The fourth-order valence-corrected chi connectivity index (χ4v) is 2.01. The quantitative estimate of drug-likeness (QED) is 0.791. The Morgan fingerprint density at radius 1 is 1.00 bits per heavy atom. The molecule has 0 fully saturated rings. The smallest absolute Gasteiger partial charge is 0.221 e. The molecule has 4 nitrogen and oxygen atoms in total. The maximum Gasteiger partial charge on any atom is 0.221 e. The van der Waals surface area contributed by atoms with Crippen LogP contribution in [0.5, 0.6) is 11.5 Å². The van der Waals surface area contributed by atoms with Crippen LogP contribution in [-0.4, -0.2) is 19.1 Å². The third-order valence-corrected chi connectivity index (χ3v) is 2.97. The monoisotopic (exact) mass is 299 g/mol. The van der Waals surface area contributed by atoms with Gasteiger partial charge in [0.15, 0.2) is 0 Å². The topological polar surface area (TPSA) is 47.6 Å². The van der Waals surface area contributed by atoms with Crippen LogP contribution in [0.15, 0.2) is 48.5 Å². The number of benzene rings is 2. The van der Waals surface area contributed by atoms with Gasteiger partial charge in [-0.1, -0.05) is 18.2 Å². The maximum absolute atomic E-state index is 11.0. The van der Waals surface area contributed by atoms with Gasteiger partial charge in [0.2, 0.25) is 5.91 Å². The van der Waals surface area contributed by atoms with Gasteiger partial charge in [0.25, 0.3) is 0 Å². The molecule has 0 radical (unpaired) electrons. The summed E-state index contributed by atoms with van der Waals surface area (Å²) in [5.41, 5.74) is 1.92. The second-order valence-corrected chi connectivity index (χ2v) is 5.08. The SMILES string of the molecule is CC(=O)Nc1cccc(OCCCOc2cccc(C)c2)c1. The summed E-state index contributed by atoms with van der Waals surface area (Å²) in [6.07, 6.45) is 0.790. The standard InChI is InChI=1S/C18H21NO3/c1-14-6-3-8-17(12-14)21-10-5-11-22-18-9-4-7-16(13-18)19-15(2)20/h3-4,6-9,12-13H,5,10-11H2,1-2H3,(H,19,20). The van der Waals surface area contributed by atoms with Crippen molar-refractivity contribution in [3.05, 3.63) is 54.1 Å². The van der Waals surface area contributed by atoms with E-state index in [2.05, 4.69) is 5.32 Å². The van der Waals surface area contributed by atoms with Crippen molar-refractivity contribution < 1.29 is 14.3 Å². The number of hydrogen-bond donors (Lipinski definition) is 1. The van der Waals surface area contributed by atoms with E-state index in [1.165, 1.54) is 12.5 Å². The van der Waals surface area contributed by atoms with Gasteiger partial charge in [-0.3, -0.25) is 4.79 Å². The minimum Gasteiger partial charge on any atom is -0.493 e. The zero-order chi connectivity index (χ0) is 15.8. The van der Waals surface area contributed by atoms with Crippen LogP contribution in [0, 0.1) is 6.92 Å². The molecule has 0 bridgehead atoms. The van der Waals surface area contributed by atoms with Crippen LogP contribution in [0.4, 0.5) is 5.69 Å². The number of aryl methyl sites for hydroxylation is 1. The number of carbonyl (C=O) groups excluding carboxylic acids is 1. The summed E-state index contributed by atoms with van der Waals surface area (Å²) < 4.78 is 11.3. The molecule has 0 aliphatic carbocycles. The minimum absolute atomic E-state index is 0.0938. The molecule has 0 saturated heterocycles. The van der Waals surface area contributed by atoms with Gasteiger partial charge in [0, 0.05) is 25.1 Å². The van der Waals surface area contributed by atoms with E-state index in [0.717, 1.165) is 23.6 Å². The molecule has 1 N–H and O–H groups in total. The molecule has 0 saturated carbocycles. The first-order valence-electron chi connectivity index (χ1n) is 7.33. The average molecular weight is 299 g/mol. The van der Waals surface area contributed by atoms with Crippen LogP contribution in [0.1, 0.15) is 18.9 Å². The van der Waals surface area contributed by atoms with E-state index in [1.807, 2.05) is 55.5 Å². The molecular formula is C18H21NO3. The Balaban J connectivity index is 1.71. The molecule has 2 aromatic carbocycles. The minimum atomic E-state index is -0.0938. The van der Waals surface area contributed by atoms with E-state index >= 15 is 0 Å². The third kappa shape index (κ3) is 5.48. The highest BCUT2D eigenvalue weighted by molar-refractivity contribution is 5.88. The number of anilines is 1. The molecule has 0 aliphatic rings. The van der Waals surface area contributed by atoms with Gasteiger partial charge in [-0.2, -0.15) is 0 Å². The van der Waals surface area contributed by atoms with E-state index in [4.69, 9.17) is 9.47 Å². The lowest BCUT2D eigenvalue weighted by Gasteiger charge is -2.09. The zero-order valence-corrected chi connectivity index (χ0v) is 13.0. The van der Waals surface area contributed by atoms with E-state index in [9.17, 15) is 4.79 Å². The van der Waals surface area contributed by atoms with Crippen molar-refractivity contribution in [3.8, 4) is 11.5 Å². The first-order chi connectivity index (χ1) is 10.6. The Morgan fingerprint density at radius 3 is 2.27 bits per heavy atom. The summed E-state index contributed by atoms with van der Waals surface area (Å²) in [5.74, 6) is 1.53. The van der Waals surface area contributed by atoms with E-state index in [0.29, 0.717) is 13.2 Å². The highest BCUT2D eigenvalue weighted by Gasteiger charge is 1.99. The molecule has 0 heterocycles. The van der Waals surface area contributed by atoms with Gasteiger partial charge >= 0.3 is 0 Å². The van der Waals surface area contributed by atoms with Gasteiger partial charge in [-0.25, -0.2) is 0 Å². The largest absolute Gasteiger partial charge is 0.493 e. The van der Waals surface area contributed by atoms with Crippen LogP contribution < -0.4 is 14.8 Å². The predicted molar refractivity (Wildman–Crippen MR) is 87.5 cm³/mol. The molecular weight excluding hydrogens is 278 g/mol. The van der Waals surface area contributed by atoms with Crippen molar-refractivity contribution >= 4 is 11.6 Å². The van der Waals surface area contributed by atoms with Gasteiger partial charge in [0.1, 0.15) is 11.5 Å². The number of amides is 1. The number of nitrogens with one attached hydrogen (secondary N) is 1. The fraction of sp³-hybridized carbons (Fsp3) is 0.278. The van der Waals surface area contributed by atoms with Crippen LogP contribution in [0.2, 0.25) is 0 Å². The van der Waals surface area contributed by atoms with Gasteiger partial charge < -0.3 is 14.8 Å². The Labute approximate surface area is 131 Å². The molecule has 0 aliphatic heterocycles. The van der Waals surface area contributed by atoms with Gasteiger partial charge in [0.05, 0.1) is 13.2 Å². The lowest BCUT2D eigenvalue weighted by atomic mass is 10.2. The van der Waals surface area contributed by atoms with E-state index in [1.54, 1.807) is 0 Å². The van der Waals surface area contributed by atoms with E-state index < -0.39 is 0 Å². The highest BCUT2D eigenvalue weighted by Crippen LogP contribution is 2.17. The van der Waals surface area contributed by atoms with Crippen molar-refractivity contribution in [2.75, 3.05) is 18.5 Å². The third-order valence-electron chi connectivity index (χ3n) is 2.97. The van der Waals surface area contributed by atoms with Crippen molar-refractivity contribution in [3.63, 3.8) is 0 Å². The molecule has 2 aromatic rings. The lowest BCUT2D eigenvalue weighted by Crippen LogP contribution is -2.07. The molecule has 0 unspecified atom stereocenters. The second-order valence-electron chi connectivity index (χ2n) is 5.08. The van der Waals surface area contributed by atoms with Crippen molar-refractivity contribution in [2.24, 2.45) is 0 Å². The summed E-state index contributed by atoms with van der Waals surface area (Å²) >= 11 is 0. The van der Waals surface area contributed by atoms with E-state index in [-0.39, 0.29) is 5.91 Å². The molecule has 0 atom stereocenters. The van der Waals surface area contributed by atoms with Crippen LogP contribution in [0.25, 0.3) is 0 Å². The maximum atomic E-state index is 11.0. The second kappa shape index (κ2) is 8.08. The van der Waals surface area contributed by atoms with Crippen molar-refractivity contribution in [1.82, 2.24) is 0 Å². The summed E-state index contributed by atoms with van der Waals surface area (Å²) in [4.78, 5) is 11.0. The Hall–Kier alpha value is -2.49. The Kier molecular flexibility index (Phi) is 5.83. The number of carbonyl (C=O) groups is 1. The molecule has 4 heteroatoms. The number of rotatable bonds is 7. The average Bonchev–Trinajstić information content (AvgIpc) is 2.47. The number of ether oxygens (including phenoxy) is 2. The molecule has 0 aromatic heterocycles. The normalized spacial score (nSPS) is 10.1. The first-order valence-corrected chi connectivity index (χ1v) is 7.33. The summed E-state index contributed by atoms with van der Waals surface area (Å²) in [5, 5.41) is 2.73. The van der Waals surface area contributed by atoms with Crippen molar-refractivity contribution in [2.45, 2.75) is 20.3 Å². The summed E-state index contributed by atoms with van der Waals surface area (Å²) in [7, 11) is 0. The van der Waals surface area contributed by atoms with Crippen molar-refractivity contribution in [1.29, 1.82) is 0 Å². The Bertz CT molecular complexity index is 625. The highest BCUT2D eigenvalue weighted by atomic mass is 16.5. The molecule has 116 valence electrons. The number of hydrogen-bond acceptors (Lipinski definition) is 3.